The van der Waals surface area contributed by atoms with Gasteiger partial charge in [0.15, 0.2) is 0 Å². The molecular formula is C18H34N2. The van der Waals surface area contributed by atoms with Gasteiger partial charge < -0.3 is 10.6 Å². The van der Waals surface area contributed by atoms with Crippen LogP contribution in [0.25, 0.3) is 0 Å². The van der Waals surface area contributed by atoms with Gasteiger partial charge in [-0.05, 0) is 100 Å². The summed E-state index contributed by atoms with van der Waals surface area (Å²) in [4.78, 5) is 0. The van der Waals surface area contributed by atoms with Crippen molar-refractivity contribution in [3.8, 4) is 0 Å². The van der Waals surface area contributed by atoms with Crippen LogP contribution in [0.2, 0.25) is 0 Å². The van der Waals surface area contributed by atoms with E-state index in [-0.39, 0.29) is 0 Å². The predicted octanol–water partition coefficient (Wildman–Crippen LogP) is 3.57. The fourth-order valence-electron chi connectivity index (χ4n) is 6.83. The molecule has 2 nitrogen and oxygen atoms in total. The van der Waals surface area contributed by atoms with Crippen molar-refractivity contribution < 1.29 is 0 Å². The maximum Gasteiger partial charge on any atom is -0.00368 e. The van der Waals surface area contributed by atoms with Crippen LogP contribution < -0.4 is 10.6 Å². The van der Waals surface area contributed by atoms with E-state index in [9.17, 15) is 0 Å². The summed E-state index contributed by atoms with van der Waals surface area (Å²) in [5.74, 6) is 1.05. The van der Waals surface area contributed by atoms with Crippen LogP contribution in [-0.4, -0.2) is 26.7 Å². The van der Waals surface area contributed by atoms with Gasteiger partial charge in [0.1, 0.15) is 0 Å². The predicted molar refractivity (Wildman–Crippen MR) is 85.9 cm³/mol. The van der Waals surface area contributed by atoms with Crippen molar-refractivity contribution in [1.29, 1.82) is 0 Å². The van der Waals surface area contributed by atoms with Crippen LogP contribution in [0.5, 0.6) is 0 Å². The van der Waals surface area contributed by atoms with Gasteiger partial charge in [-0.3, -0.25) is 0 Å². The summed E-state index contributed by atoms with van der Waals surface area (Å²) in [6, 6.07) is 0. The minimum Gasteiger partial charge on any atom is -0.320 e. The van der Waals surface area contributed by atoms with Gasteiger partial charge in [-0.2, -0.15) is 0 Å². The van der Waals surface area contributed by atoms with Crippen LogP contribution in [0, 0.1) is 22.2 Å². The molecule has 116 valence electrons. The Balaban J connectivity index is 1.53. The summed E-state index contributed by atoms with van der Waals surface area (Å²) in [5.41, 5.74) is 2.06. The molecule has 0 spiro atoms. The van der Waals surface area contributed by atoms with Crippen LogP contribution in [0.15, 0.2) is 0 Å². The molecular weight excluding hydrogens is 244 g/mol. The third-order valence-electron chi connectivity index (χ3n) is 6.35. The Hall–Kier alpha value is -0.0800. The maximum absolute atomic E-state index is 3.68. The highest BCUT2D eigenvalue weighted by atomic mass is 14.9. The molecule has 2 unspecified atom stereocenters. The Morgan fingerprint density at radius 2 is 1.60 bits per heavy atom. The van der Waals surface area contributed by atoms with E-state index in [4.69, 9.17) is 0 Å². The number of nitrogens with one attached hydrogen (secondary N) is 2. The van der Waals surface area contributed by atoms with Crippen molar-refractivity contribution in [3.05, 3.63) is 0 Å². The lowest BCUT2D eigenvalue weighted by molar-refractivity contribution is -0.147. The molecule has 4 aliphatic rings. The second kappa shape index (κ2) is 5.28. The standard InChI is InChI=1S/C18H34N2/c1-16-9-15-10-17(2,12-16)14-18(11-15,13-16)5-8-20-7-4-6-19-3/h15,19-20H,4-14H2,1-3H3. The van der Waals surface area contributed by atoms with Crippen molar-refractivity contribution in [2.45, 2.75) is 65.2 Å². The molecule has 4 bridgehead atoms. The molecule has 0 aromatic carbocycles. The average molecular weight is 278 g/mol. The van der Waals surface area contributed by atoms with E-state index in [1.807, 2.05) is 7.05 Å². The van der Waals surface area contributed by atoms with E-state index in [2.05, 4.69) is 24.5 Å². The van der Waals surface area contributed by atoms with Crippen molar-refractivity contribution >= 4 is 0 Å². The average Bonchev–Trinajstić information content (AvgIpc) is 2.29. The lowest BCUT2D eigenvalue weighted by Crippen LogP contribution is -2.55. The largest absolute Gasteiger partial charge is 0.320 e. The molecule has 0 aromatic heterocycles. The highest BCUT2D eigenvalue weighted by molar-refractivity contribution is 5.10. The summed E-state index contributed by atoms with van der Waals surface area (Å²) in [6.45, 7) is 8.73. The molecule has 0 aliphatic heterocycles. The van der Waals surface area contributed by atoms with Crippen LogP contribution in [-0.2, 0) is 0 Å². The molecule has 2 heteroatoms. The number of rotatable bonds is 7. The molecule has 2 N–H and O–H groups in total. The first-order chi connectivity index (χ1) is 9.47. The van der Waals surface area contributed by atoms with Gasteiger partial charge in [0.25, 0.3) is 0 Å². The van der Waals surface area contributed by atoms with Crippen LogP contribution in [0.3, 0.4) is 0 Å². The lowest BCUT2D eigenvalue weighted by Gasteiger charge is -2.65. The summed E-state index contributed by atoms with van der Waals surface area (Å²) in [7, 11) is 2.04. The van der Waals surface area contributed by atoms with E-state index in [1.165, 1.54) is 64.5 Å². The Bertz CT molecular complexity index is 333. The van der Waals surface area contributed by atoms with E-state index < -0.39 is 0 Å². The first kappa shape index (κ1) is 14.8. The zero-order valence-electron chi connectivity index (χ0n) is 13.9. The minimum absolute atomic E-state index is 0.681. The summed E-state index contributed by atoms with van der Waals surface area (Å²) >= 11 is 0. The second-order valence-corrected chi connectivity index (χ2v) is 9.09. The van der Waals surface area contributed by atoms with Gasteiger partial charge in [-0.1, -0.05) is 13.8 Å². The first-order valence-electron chi connectivity index (χ1n) is 8.82. The molecule has 4 rings (SSSR count). The molecule has 4 fully saturated rings. The molecule has 20 heavy (non-hydrogen) atoms. The van der Waals surface area contributed by atoms with Crippen molar-refractivity contribution in [2.75, 3.05) is 26.7 Å². The third kappa shape index (κ3) is 2.92. The van der Waals surface area contributed by atoms with E-state index >= 15 is 0 Å². The zero-order chi connectivity index (χ0) is 14.3. The first-order valence-corrected chi connectivity index (χ1v) is 8.82. The fourth-order valence-corrected chi connectivity index (χ4v) is 6.83. The second-order valence-electron chi connectivity index (χ2n) is 9.09. The van der Waals surface area contributed by atoms with Crippen LogP contribution in [0.4, 0.5) is 0 Å². The smallest absolute Gasteiger partial charge is 0.00368 e. The molecule has 0 heterocycles. The Labute approximate surface area is 125 Å². The van der Waals surface area contributed by atoms with Gasteiger partial charge in [-0.15, -0.1) is 0 Å². The Kier molecular flexibility index (Phi) is 3.92. The summed E-state index contributed by atoms with van der Waals surface area (Å²) in [5, 5.41) is 6.90. The van der Waals surface area contributed by atoms with Gasteiger partial charge in [0.05, 0.1) is 0 Å². The third-order valence-corrected chi connectivity index (χ3v) is 6.35. The zero-order valence-corrected chi connectivity index (χ0v) is 13.9. The SMILES string of the molecule is CNCCCNCCC12CC3CC(C)(CC(C)(C3)C1)C2. The van der Waals surface area contributed by atoms with Crippen LogP contribution >= 0.6 is 0 Å². The molecule has 4 aliphatic carbocycles. The van der Waals surface area contributed by atoms with Gasteiger partial charge in [0, 0.05) is 0 Å². The minimum atomic E-state index is 0.681. The molecule has 0 amide bonds. The molecule has 0 radical (unpaired) electrons. The molecule has 4 saturated carbocycles. The van der Waals surface area contributed by atoms with Gasteiger partial charge >= 0.3 is 0 Å². The maximum atomic E-state index is 3.68. The fraction of sp³-hybridized carbons (Fsp3) is 1.00. The van der Waals surface area contributed by atoms with E-state index in [0.717, 1.165) is 12.5 Å². The molecule has 0 aromatic rings. The monoisotopic (exact) mass is 278 g/mol. The topological polar surface area (TPSA) is 24.1 Å². The molecule has 2 atom stereocenters. The van der Waals surface area contributed by atoms with Crippen molar-refractivity contribution in [3.63, 3.8) is 0 Å². The van der Waals surface area contributed by atoms with Crippen molar-refractivity contribution in [1.82, 2.24) is 10.6 Å². The van der Waals surface area contributed by atoms with Crippen LogP contribution in [0.1, 0.15) is 65.2 Å². The number of hydrogen-bond donors (Lipinski definition) is 2. The highest BCUT2D eigenvalue weighted by Gasteiger charge is 2.59. The molecule has 0 saturated heterocycles. The normalized spacial score (nSPS) is 46.0. The van der Waals surface area contributed by atoms with Crippen molar-refractivity contribution in [2.24, 2.45) is 22.2 Å². The van der Waals surface area contributed by atoms with Gasteiger partial charge in [-0.25, -0.2) is 0 Å². The number of hydrogen-bond acceptors (Lipinski definition) is 2. The lowest BCUT2D eigenvalue weighted by atomic mass is 9.40. The Morgan fingerprint density at radius 1 is 0.900 bits per heavy atom. The van der Waals surface area contributed by atoms with E-state index in [0.29, 0.717) is 16.2 Å². The Morgan fingerprint density at radius 3 is 2.20 bits per heavy atom. The summed E-state index contributed by atoms with van der Waals surface area (Å²) in [6.07, 6.45) is 11.8. The van der Waals surface area contributed by atoms with E-state index in [1.54, 1.807) is 0 Å². The highest BCUT2D eigenvalue weighted by Crippen LogP contribution is 2.70. The quantitative estimate of drug-likeness (QED) is 0.696. The van der Waals surface area contributed by atoms with Gasteiger partial charge in [0.2, 0.25) is 0 Å². The summed E-state index contributed by atoms with van der Waals surface area (Å²) < 4.78 is 0.